The zero-order chi connectivity index (χ0) is 22.8. The third-order valence-corrected chi connectivity index (χ3v) is 4.85. The summed E-state index contributed by atoms with van der Waals surface area (Å²) in [6, 6.07) is 21.6. The molecule has 0 saturated carbocycles. The van der Waals surface area contributed by atoms with Crippen molar-refractivity contribution in [2.24, 2.45) is 15.3 Å². The van der Waals surface area contributed by atoms with Crippen LogP contribution in [-0.4, -0.2) is 24.3 Å². The molecule has 0 unspecified atom stereocenters. The molecule has 2 N–H and O–H groups in total. The summed E-state index contributed by atoms with van der Waals surface area (Å²) in [7, 11) is 0. The number of rotatable bonds is 6. The topological polar surface area (TPSA) is 78.2 Å². The minimum atomic E-state index is -0.331. The van der Waals surface area contributed by atoms with E-state index in [4.69, 9.17) is 23.2 Å². The Morgan fingerprint density at radius 3 is 1.97 bits per heavy atom. The molecule has 0 aliphatic rings. The molecule has 1 amide bonds. The Labute approximate surface area is 196 Å². The molecule has 0 radical (unpaired) electrons. The number of guanidine groups is 1. The van der Waals surface area contributed by atoms with Crippen LogP contribution in [0.1, 0.15) is 34.0 Å². The van der Waals surface area contributed by atoms with Gasteiger partial charge in [-0.1, -0.05) is 66.5 Å². The molecule has 0 fully saturated rings. The van der Waals surface area contributed by atoms with Crippen LogP contribution in [0.4, 0.5) is 0 Å². The average molecular weight is 466 g/mol. The third kappa shape index (κ3) is 7.34. The molecule has 0 heterocycles. The van der Waals surface area contributed by atoms with E-state index >= 15 is 0 Å². The molecule has 32 heavy (non-hydrogen) atoms. The molecule has 8 heteroatoms. The Hall–Kier alpha value is -3.48. The maximum Gasteiger partial charge on any atom is 0.258 e. The van der Waals surface area contributed by atoms with Gasteiger partial charge in [0.25, 0.3) is 5.91 Å². The number of hydrazone groups is 1. The minimum Gasteiger partial charge on any atom is -0.290 e. The van der Waals surface area contributed by atoms with Gasteiger partial charge in [0.1, 0.15) is 0 Å². The molecule has 162 valence electrons. The average Bonchev–Trinajstić information content (AvgIpc) is 2.81. The van der Waals surface area contributed by atoms with E-state index in [1.807, 2.05) is 24.3 Å². The van der Waals surface area contributed by atoms with E-state index in [2.05, 4.69) is 33.0 Å². The number of hydrogen-bond acceptors (Lipinski definition) is 4. The summed E-state index contributed by atoms with van der Waals surface area (Å²) < 4.78 is 0. The molecule has 0 saturated heterocycles. The van der Waals surface area contributed by atoms with Crippen LogP contribution in [-0.2, 0) is 6.42 Å². The van der Waals surface area contributed by atoms with E-state index in [0.29, 0.717) is 15.6 Å². The van der Waals surface area contributed by atoms with Crippen molar-refractivity contribution in [3.05, 3.63) is 105 Å². The second kappa shape index (κ2) is 11.8. The van der Waals surface area contributed by atoms with Gasteiger partial charge in [-0.15, -0.1) is 5.10 Å². The molecular formula is C24H21Cl2N5O. The Morgan fingerprint density at radius 2 is 1.41 bits per heavy atom. The highest BCUT2D eigenvalue weighted by atomic mass is 35.5. The van der Waals surface area contributed by atoms with Crippen LogP contribution in [0.5, 0.6) is 0 Å². The highest BCUT2D eigenvalue weighted by Crippen LogP contribution is 2.09. The molecule has 0 aromatic heterocycles. The minimum absolute atomic E-state index is 0.0741. The first-order valence-corrected chi connectivity index (χ1v) is 10.6. The number of benzene rings is 3. The van der Waals surface area contributed by atoms with Gasteiger partial charge >= 0.3 is 0 Å². The lowest BCUT2D eigenvalue weighted by atomic mass is 10.1. The van der Waals surface area contributed by atoms with E-state index in [0.717, 1.165) is 23.1 Å². The van der Waals surface area contributed by atoms with Crippen LogP contribution >= 0.6 is 23.2 Å². The molecule has 0 spiro atoms. The Kier molecular flexibility index (Phi) is 8.54. The third-order valence-electron chi connectivity index (χ3n) is 4.34. The largest absolute Gasteiger partial charge is 0.290 e. The SMILES string of the molecule is CCc1ccc(C(=O)N/C(=N/N=C/c2ccc(Cl)cc2)N/N=C/c2ccc(Cl)cc2)cc1. The molecular weight excluding hydrogens is 445 g/mol. The fraction of sp³-hybridized carbons (Fsp3) is 0.0833. The van der Waals surface area contributed by atoms with Crippen molar-refractivity contribution in [2.45, 2.75) is 13.3 Å². The lowest BCUT2D eigenvalue weighted by molar-refractivity contribution is 0.0975. The quantitative estimate of drug-likeness (QED) is 0.294. The normalized spacial score (nSPS) is 11.8. The smallest absolute Gasteiger partial charge is 0.258 e. The van der Waals surface area contributed by atoms with Gasteiger partial charge in [-0.2, -0.15) is 10.2 Å². The highest BCUT2D eigenvalue weighted by Gasteiger charge is 2.08. The van der Waals surface area contributed by atoms with Gasteiger partial charge in [0.05, 0.1) is 12.4 Å². The first-order chi connectivity index (χ1) is 15.5. The van der Waals surface area contributed by atoms with Crippen LogP contribution in [0.2, 0.25) is 10.0 Å². The number of hydrogen-bond donors (Lipinski definition) is 2. The maximum absolute atomic E-state index is 12.6. The highest BCUT2D eigenvalue weighted by molar-refractivity contribution is 6.30. The van der Waals surface area contributed by atoms with Gasteiger partial charge in [0, 0.05) is 15.6 Å². The summed E-state index contributed by atoms with van der Waals surface area (Å²) in [6.07, 6.45) is 4.02. The standard InChI is InChI=1S/C24H21Cl2N5O/c1-2-17-3-9-20(10-4-17)23(32)29-24(30-27-15-18-5-11-21(25)12-6-18)31-28-16-19-7-13-22(26)14-8-19/h3-16H,2H2,1H3,(H2,29,30,31,32)/b27-15+,28-16+. The number of aryl methyl sites for hydroxylation is 1. The lowest BCUT2D eigenvalue weighted by Crippen LogP contribution is -2.38. The van der Waals surface area contributed by atoms with Crippen LogP contribution in [0.25, 0.3) is 0 Å². The number of carbonyl (C=O) groups is 1. The summed E-state index contributed by atoms with van der Waals surface area (Å²) in [4.78, 5) is 12.6. The molecule has 0 aliphatic carbocycles. The van der Waals surface area contributed by atoms with E-state index in [1.165, 1.54) is 0 Å². The molecule has 3 aromatic rings. The van der Waals surface area contributed by atoms with Gasteiger partial charge in [-0.3, -0.25) is 10.1 Å². The van der Waals surface area contributed by atoms with Gasteiger partial charge in [0.2, 0.25) is 5.96 Å². The second-order valence-electron chi connectivity index (χ2n) is 6.67. The van der Waals surface area contributed by atoms with Crippen molar-refractivity contribution >= 4 is 47.5 Å². The number of nitrogens with zero attached hydrogens (tertiary/aromatic N) is 3. The Bertz CT molecular complexity index is 1120. The number of nitrogens with one attached hydrogen (secondary N) is 2. The molecule has 3 aromatic carbocycles. The monoisotopic (exact) mass is 465 g/mol. The first-order valence-electron chi connectivity index (χ1n) is 9.85. The summed E-state index contributed by atoms with van der Waals surface area (Å²) in [5.74, 6) is -0.257. The number of amides is 1. The second-order valence-corrected chi connectivity index (χ2v) is 7.54. The Morgan fingerprint density at radius 1 is 0.844 bits per heavy atom. The fourth-order valence-electron chi connectivity index (χ4n) is 2.57. The maximum atomic E-state index is 12.6. The van der Waals surface area contributed by atoms with Crippen LogP contribution in [0.3, 0.4) is 0 Å². The first kappa shape index (κ1) is 23.2. The molecule has 0 bridgehead atoms. The van der Waals surface area contributed by atoms with Gasteiger partial charge < -0.3 is 0 Å². The molecule has 3 rings (SSSR count). The summed E-state index contributed by atoms with van der Waals surface area (Å²) in [6.45, 7) is 2.06. The summed E-state index contributed by atoms with van der Waals surface area (Å²) in [5, 5.41) is 16.2. The fourth-order valence-corrected chi connectivity index (χ4v) is 2.82. The van der Waals surface area contributed by atoms with Crippen molar-refractivity contribution in [1.29, 1.82) is 0 Å². The molecule has 6 nitrogen and oxygen atoms in total. The van der Waals surface area contributed by atoms with Gasteiger partial charge in [0.15, 0.2) is 0 Å². The zero-order valence-electron chi connectivity index (χ0n) is 17.3. The van der Waals surface area contributed by atoms with Gasteiger partial charge in [-0.25, -0.2) is 5.43 Å². The summed E-state index contributed by atoms with van der Waals surface area (Å²) in [5.41, 5.74) is 6.00. The van der Waals surface area contributed by atoms with Crippen molar-refractivity contribution in [3.8, 4) is 0 Å². The van der Waals surface area contributed by atoms with Crippen LogP contribution in [0, 0.1) is 0 Å². The Balaban J connectivity index is 1.74. The number of carbonyl (C=O) groups excluding carboxylic acids is 1. The van der Waals surface area contributed by atoms with E-state index in [-0.39, 0.29) is 11.9 Å². The van der Waals surface area contributed by atoms with Gasteiger partial charge in [-0.05, 0) is 59.5 Å². The van der Waals surface area contributed by atoms with Crippen molar-refractivity contribution < 1.29 is 4.79 Å². The van der Waals surface area contributed by atoms with E-state index in [9.17, 15) is 4.79 Å². The zero-order valence-corrected chi connectivity index (χ0v) is 18.8. The lowest BCUT2D eigenvalue weighted by Gasteiger charge is -2.07. The van der Waals surface area contributed by atoms with Crippen molar-refractivity contribution in [2.75, 3.05) is 0 Å². The van der Waals surface area contributed by atoms with E-state index < -0.39 is 0 Å². The molecule has 0 atom stereocenters. The van der Waals surface area contributed by atoms with Crippen molar-refractivity contribution in [1.82, 2.24) is 10.7 Å². The van der Waals surface area contributed by atoms with Crippen LogP contribution < -0.4 is 10.7 Å². The predicted octanol–water partition coefficient (Wildman–Crippen LogP) is 5.30. The number of halogens is 2. The van der Waals surface area contributed by atoms with E-state index in [1.54, 1.807) is 61.0 Å². The van der Waals surface area contributed by atoms with Crippen molar-refractivity contribution in [3.63, 3.8) is 0 Å². The predicted molar refractivity (Wildman–Crippen MR) is 132 cm³/mol. The molecule has 0 aliphatic heterocycles. The van der Waals surface area contributed by atoms with Crippen LogP contribution in [0.15, 0.2) is 88.1 Å². The summed E-state index contributed by atoms with van der Waals surface area (Å²) >= 11 is 11.8.